The molecule has 2 amide bonds. The van der Waals surface area contributed by atoms with E-state index in [2.05, 4.69) is 0 Å². The first kappa shape index (κ1) is 19.1. The molecule has 2 rings (SSSR count). The molecule has 0 unspecified atom stereocenters. The van der Waals surface area contributed by atoms with Gasteiger partial charge >= 0.3 is 17.8 Å². The minimum atomic E-state index is -4.43. The fraction of sp³-hybridized carbons (Fsp3) is 0.0625. The van der Waals surface area contributed by atoms with E-state index >= 15 is 0 Å². The molecule has 0 bridgehead atoms. The monoisotopic (exact) mass is 377 g/mol. The van der Waals surface area contributed by atoms with E-state index in [0.29, 0.717) is 0 Å². The van der Waals surface area contributed by atoms with Crippen LogP contribution in [-0.2, 0) is 19.6 Å². The van der Waals surface area contributed by atoms with Gasteiger partial charge in [-0.15, -0.1) is 0 Å². The van der Waals surface area contributed by atoms with Gasteiger partial charge in [-0.25, -0.2) is 10.6 Å². The van der Waals surface area contributed by atoms with Gasteiger partial charge in [0.1, 0.15) is 0 Å². The largest absolute Gasteiger partial charge is 0.478 e. The predicted molar refractivity (Wildman–Crippen MR) is 91.4 cm³/mol. The highest BCUT2D eigenvalue weighted by Crippen LogP contribution is 2.17. The first-order valence-corrected chi connectivity index (χ1v) is 8.63. The predicted octanol–water partition coefficient (Wildman–Crippen LogP) is 0.723. The molecule has 0 atom stereocenters. The number of benzene rings is 2. The standard InChI is InChI=1S/C16H15N3O6S/c1-10-6-8-11(9-7-10)26(24,25)19(17)15(21)14(20)18-13-5-3-2-4-12(13)16(22)23/h2-9H,17H2,1H3,(H,18,20)(H,22,23). The zero-order valence-corrected chi connectivity index (χ0v) is 14.4. The number of sulfonamides is 1. The SMILES string of the molecule is Cc1ccc(S(=O)(=O)N(N)C(=O)C(=O)Nc2ccccc2C(=O)O)cc1. The third-order valence-corrected chi connectivity index (χ3v) is 4.93. The molecule has 10 heteroatoms. The molecule has 0 fully saturated rings. The fourth-order valence-electron chi connectivity index (χ4n) is 1.99. The van der Waals surface area contributed by atoms with Crippen molar-refractivity contribution < 1.29 is 27.9 Å². The molecular formula is C16H15N3O6S. The Morgan fingerprint density at radius 1 is 1.04 bits per heavy atom. The summed E-state index contributed by atoms with van der Waals surface area (Å²) in [6, 6.07) is 10.8. The number of amides is 2. The molecule has 0 heterocycles. The number of hydrogen-bond donors (Lipinski definition) is 3. The van der Waals surface area contributed by atoms with Crippen molar-refractivity contribution in [3.8, 4) is 0 Å². The number of nitrogens with one attached hydrogen (secondary N) is 1. The summed E-state index contributed by atoms with van der Waals surface area (Å²) in [6.45, 7) is 1.75. The van der Waals surface area contributed by atoms with Crippen LogP contribution in [0, 0.1) is 6.92 Å². The van der Waals surface area contributed by atoms with Gasteiger partial charge in [-0.1, -0.05) is 29.8 Å². The van der Waals surface area contributed by atoms with E-state index in [1.165, 1.54) is 48.5 Å². The molecule has 0 aromatic heterocycles. The molecule has 4 N–H and O–H groups in total. The Kier molecular flexibility index (Phi) is 5.38. The van der Waals surface area contributed by atoms with Gasteiger partial charge in [-0.3, -0.25) is 9.59 Å². The van der Waals surface area contributed by atoms with Crippen LogP contribution in [-0.4, -0.2) is 35.7 Å². The van der Waals surface area contributed by atoms with Crippen LogP contribution in [0.1, 0.15) is 15.9 Å². The average Bonchev–Trinajstić information content (AvgIpc) is 2.61. The molecule has 2 aromatic rings. The minimum Gasteiger partial charge on any atom is -0.478 e. The Balaban J connectivity index is 2.24. The lowest BCUT2D eigenvalue weighted by molar-refractivity contribution is -0.140. The van der Waals surface area contributed by atoms with Gasteiger partial charge in [0, 0.05) is 0 Å². The second kappa shape index (κ2) is 7.33. The summed E-state index contributed by atoms with van der Waals surface area (Å²) in [5.41, 5.74) is 0.361. The van der Waals surface area contributed by atoms with Crippen LogP contribution in [0.5, 0.6) is 0 Å². The molecule has 0 radical (unpaired) electrons. The number of carbonyl (C=O) groups is 3. The van der Waals surface area contributed by atoms with Gasteiger partial charge in [-0.2, -0.15) is 12.8 Å². The maximum absolute atomic E-state index is 12.3. The second-order valence-corrected chi connectivity index (χ2v) is 7.04. The molecule has 26 heavy (non-hydrogen) atoms. The summed E-state index contributed by atoms with van der Waals surface area (Å²) in [6.07, 6.45) is 0. The van der Waals surface area contributed by atoms with Crippen molar-refractivity contribution in [3.63, 3.8) is 0 Å². The number of carboxylic acids is 1. The van der Waals surface area contributed by atoms with E-state index in [0.717, 1.165) is 5.56 Å². The van der Waals surface area contributed by atoms with E-state index in [1.807, 2.05) is 5.32 Å². The number of hydrogen-bond acceptors (Lipinski definition) is 6. The maximum Gasteiger partial charge on any atom is 0.340 e. The van der Waals surface area contributed by atoms with Crippen LogP contribution in [0.15, 0.2) is 53.4 Å². The van der Waals surface area contributed by atoms with E-state index in [9.17, 15) is 22.8 Å². The van der Waals surface area contributed by atoms with E-state index in [-0.39, 0.29) is 20.6 Å². The molecule has 0 aliphatic rings. The van der Waals surface area contributed by atoms with Gasteiger partial charge in [0.2, 0.25) is 0 Å². The Morgan fingerprint density at radius 3 is 2.19 bits per heavy atom. The molecule has 9 nitrogen and oxygen atoms in total. The van der Waals surface area contributed by atoms with E-state index < -0.39 is 27.8 Å². The van der Waals surface area contributed by atoms with Crippen LogP contribution in [0.3, 0.4) is 0 Å². The number of hydrazine groups is 1. The number of para-hydroxylation sites is 1. The van der Waals surface area contributed by atoms with E-state index in [4.69, 9.17) is 10.9 Å². The number of rotatable bonds is 4. The van der Waals surface area contributed by atoms with Crippen LogP contribution in [0.2, 0.25) is 0 Å². The zero-order valence-electron chi connectivity index (χ0n) is 13.5. The summed E-state index contributed by atoms with van der Waals surface area (Å²) < 4.78 is 24.5. The molecule has 136 valence electrons. The number of carboxylic acid groups (broad SMARTS) is 1. The van der Waals surface area contributed by atoms with Crippen molar-refractivity contribution in [1.82, 2.24) is 4.41 Å². The summed E-state index contributed by atoms with van der Waals surface area (Å²) in [5, 5.41) is 11.1. The van der Waals surface area contributed by atoms with Gasteiger partial charge < -0.3 is 10.4 Å². The zero-order chi connectivity index (χ0) is 19.5. The Morgan fingerprint density at radius 2 is 1.62 bits per heavy atom. The fourth-order valence-corrected chi connectivity index (χ4v) is 3.00. The van der Waals surface area contributed by atoms with Crippen molar-refractivity contribution in [3.05, 3.63) is 59.7 Å². The Hall–Kier alpha value is -3.24. The number of nitrogens with two attached hydrogens (primary N) is 1. The third-order valence-electron chi connectivity index (χ3n) is 3.38. The van der Waals surface area contributed by atoms with Gasteiger partial charge in [-0.05, 0) is 31.2 Å². The van der Waals surface area contributed by atoms with Crippen LogP contribution in [0.25, 0.3) is 0 Å². The van der Waals surface area contributed by atoms with Crippen molar-refractivity contribution in [2.75, 3.05) is 5.32 Å². The average molecular weight is 377 g/mol. The topological polar surface area (TPSA) is 147 Å². The first-order chi connectivity index (χ1) is 12.1. The van der Waals surface area contributed by atoms with Crippen LogP contribution >= 0.6 is 0 Å². The van der Waals surface area contributed by atoms with Gasteiger partial charge in [0.15, 0.2) is 0 Å². The molecule has 0 aliphatic heterocycles. The maximum atomic E-state index is 12.3. The number of anilines is 1. The highest BCUT2D eigenvalue weighted by atomic mass is 32.2. The molecule has 2 aromatic carbocycles. The second-order valence-electron chi connectivity index (χ2n) is 5.22. The summed E-state index contributed by atoms with van der Waals surface area (Å²) in [7, 11) is -4.43. The van der Waals surface area contributed by atoms with Crippen molar-refractivity contribution in [1.29, 1.82) is 0 Å². The van der Waals surface area contributed by atoms with Gasteiger partial charge in [0.25, 0.3) is 10.0 Å². The molecular weight excluding hydrogens is 362 g/mol. The number of aryl methyl sites for hydroxylation is 1. The summed E-state index contributed by atoms with van der Waals surface area (Å²) in [4.78, 5) is 34.9. The molecule has 0 aliphatic carbocycles. The lowest BCUT2D eigenvalue weighted by Crippen LogP contribution is -2.47. The first-order valence-electron chi connectivity index (χ1n) is 7.19. The molecule has 0 spiro atoms. The highest BCUT2D eigenvalue weighted by Gasteiger charge is 2.31. The van der Waals surface area contributed by atoms with Crippen LogP contribution in [0.4, 0.5) is 5.69 Å². The number of aromatic carboxylic acids is 1. The normalized spacial score (nSPS) is 10.8. The number of nitrogens with zero attached hydrogens (tertiary/aromatic N) is 1. The Labute approximate surface area is 149 Å². The minimum absolute atomic E-state index is 0.167. The molecule has 0 saturated heterocycles. The Bertz CT molecular complexity index is 970. The van der Waals surface area contributed by atoms with Crippen molar-refractivity contribution in [2.24, 2.45) is 5.84 Å². The van der Waals surface area contributed by atoms with E-state index in [1.54, 1.807) is 6.92 Å². The highest BCUT2D eigenvalue weighted by molar-refractivity contribution is 7.89. The lowest BCUT2D eigenvalue weighted by atomic mass is 10.2. The summed E-state index contributed by atoms with van der Waals surface area (Å²) in [5.74, 6) is 1.05. The van der Waals surface area contributed by atoms with Crippen LogP contribution < -0.4 is 11.2 Å². The number of carbonyl (C=O) groups excluding carboxylic acids is 2. The molecule has 0 saturated carbocycles. The summed E-state index contributed by atoms with van der Waals surface area (Å²) >= 11 is 0. The lowest BCUT2D eigenvalue weighted by Gasteiger charge is -2.17. The third kappa shape index (κ3) is 3.87. The smallest absolute Gasteiger partial charge is 0.340 e. The van der Waals surface area contributed by atoms with Gasteiger partial charge in [0.05, 0.1) is 16.1 Å². The van der Waals surface area contributed by atoms with Crippen molar-refractivity contribution in [2.45, 2.75) is 11.8 Å². The quantitative estimate of drug-likeness (QED) is 0.308. The van der Waals surface area contributed by atoms with Crippen molar-refractivity contribution >= 4 is 33.5 Å².